The molecule has 2 atom stereocenters. The fourth-order valence-corrected chi connectivity index (χ4v) is 2.59. The Labute approximate surface area is 112 Å². The van der Waals surface area contributed by atoms with E-state index in [9.17, 15) is 4.79 Å². The number of fused-ring (bicyclic) bond motifs is 1. The molecule has 0 radical (unpaired) electrons. The molecule has 4 nitrogen and oxygen atoms in total. The van der Waals surface area contributed by atoms with Crippen molar-refractivity contribution in [3.63, 3.8) is 0 Å². The number of aryl methyl sites for hydroxylation is 1. The van der Waals surface area contributed by atoms with Crippen molar-refractivity contribution in [1.29, 1.82) is 0 Å². The van der Waals surface area contributed by atoms with Gasteiger partial charge in [0.1, 0.15) is 5.52 Å². The summed E-state index contributed by atoms with van der Waals surface area (Å²) in [6.45, 7) is 4.36. The van der Waals surface area contributed by atoms with Gasteiger partial charge in [-0.05, 0) is 24.3 Å². The van der Waals surface area contributed by atoms with Crippen LogP contribution < -0.4 is 5.32 Å². The molecule has 1 amide bonds. The maximum Gasteiger partial charge on any atom is 0.216 e. The molecule has 0 saturated heterocycles. The van der Waals surface area contributed by atoms with Crippen LogP contribution in [0.15, 0.2) is 22.6 Å². The number of amides is 1. The summed E-state index contributed by atoms with van der Waals surface area (Å²) in [7, 11) is 0. The first-order valence-corrected chi connectivity index (χ1v) is 6.81. The van der Waals surface area contributed by atoms with Crippen LogP contribution in [0, 0.1) is 5.92 Å². The van der Waals surface area contributed by atoms with Gasteiger partial charge in [0.25, 0.3) is 0 Å². The molecule has 1 saturated carbocycles. The maximum absolute atomic E-state index is 10.9. The molecular formula is C15H18N2O2. The Hall–Kier alpha value is -1.84. The number of nitrogens with one attached hydrogen (secondary N) is 1. The molecule has 0 bridgehead atoms. The largest absolute Gasteiger partial charge is 0.440 e. The van der Waals surface area contributed by atoms with Gasteiger partial charge in [-0.3, -0.25) is 4.79 Å². The number of carbonyl (C=O) groups is 1. The highest BCUT2D eigenvalue weighted by Gasteiger charge is 2.39. The van der Waals surface area contributed by atoms with Crippen molar-refractivity contribution in [1.82, 2.24) is 10.3 Å². The Morgan fingerprint density at radius 3 is 3.11 bits per heavy atom. The summed E-state index contributed by atoms with van der Waals surface area (Å²) in [5.74, 6) is 1.86. The molecule has 3 rings (SSSR count). The molecule has 1 aliphatic carbocycles. The lowest BCUT2D eigenvalue weighted by molar-refractivity contribution is -0.119. The highest BCUT2D eigenvalue weighted by atomic mass is 16.3. The lowest BCUT2D eigenvalue weighted by Gasteiger charge is -2.02. The first-order chi connectivity index (χ1) is 9.19. The third kappa shape index (κ3) is 2.35. The maximum atomic E-state index is 10.9. The Balaban J connectivity index is 1.82. The predicted octanol–water partition coefficient (Wildman–Crippen LogP) is 2.63. The summed E-state index contributed by atoms with van der Waals surface area (Å²) in [6.07, 6.45) is 1.93. The van der Waals surface area contributed by atoms with Crippen LogP contribution in [0.4, 0.5) is 0 Å². The lowest BCUT2D eigenvalue weighted by atomic mass is 10.1. The highest BCUT2D eigenvalue weighted by molar-refractivity contribution is 5.77. The van der Waals surface area contributed by atoms with Gasteiger partial charge in [0.15, 0.2) is 11.5 Å². The van der Waals surface area contributed by atoms with E-state index < -0.39 is 0 Å². The summed E-state index contributed by atoms with van der Waals surface area (Å²) < 4.78 is 5.83. The number of aromatic nitrogens is 1. The molecular weight excluding hydrogens is 240 g/mol. The predicted molar refractivity (Wildman–Crippen MR) is 72.9 cm³/mol. The van der Waals surface area contributed by atoms with Crippen LogP contribution in [-0.4, -0.2) is 17.4 Å². The number of oxazole rings is 1. The zero-order chi connectivity index (χ0) is 13.4. The Kier molecular flexibility index (Phi) is 3.01. The van der Waals surface area contributed by atoms with Crippen molar-refractivity contribution < 1.29 is 9.21 Å². The van der Waals surface area contributed by atoms with Crippen LogP contribution in [0.3, 0.4) is 0 Å². The quantitative estimate of drug-likeness (QED) is 0.917. The van der Waals surface area contributed by atoms with E-state index in [1.807, 2.05) is 19.1 Å². The van der Waals surface area contributed by atoms with Gasteiger partial charge in [0, 0.05) is 25.5 Å². The van der Waals surface area contributed by atoms with E-state index >= 15 is 0 Å². The van der Waals surface area contributed by atoms with Crippen LogP contribution >= 0.6 is 0 Å². The molecule has 1 heterocycles. The molecule has 0 unspecified atom stereocenters. The number of nitrogens with zero attached hydrogens (tertiary/aromatic N) is 1. The second kappa shape index (κ2) is 4.68. The summed E-state index contributed by atoms with van der Waals surface area (Å²) >= 11 is 0. The molecule has 1 fully saturated rings. The Bertz CT molecular complexity index is 618. The normalized spacial score (nSPS) is 21.6. The van der Waals surface area contributed by atoms with Crippen molar-refractivity contribution in [2.75, 3.05) is 6.54 Å². The lowest BCUT2D eigenvalue weighted by Crippen LogP contribution is -2.22. The second-order valence-electron chi connectivity index (χ2n) is 5.20. The van der Waals surface area contributed by atoms with Gasteiger partial charge < -0.3 is 9.73 Å². The minimum Gasteiger partial charge on any atom is -0.440 e. The molecule has 100 valence electrons. The van der Waals surface area contributed by atoms with E-state index in [4.69, 9.17) is 4.42 Å². The second-order valence-corrected chi connectivity index (χ2v) is 5.20. The molecule has 1 N–H and O–H groups in total. The van der Waals surface area contributed by atoms with E-state index in [1.165, 1.54) is 5.56 Å². The Morgan fingerprint density at radius 1 is 1.53 bits per heavy atom. The van der Waals surface area contributed by atoms with Crippen molar-refractivity contribution in [3.05, 3.63) is 29.7 Å². The molecule has 0 aliphatic heterocycles. The molecule has 4 heteroatoms. The molecule has 2 aromatic rings. The number of para-hydroxylation sites is 1. The summed E-state index contributed by atoms with van der Waals surface area (Å²) in [4.78, 5) is 15.4. The average molecular weight is 258 g/mol. The highest BCUT2D eigenvalue weighted by Crippen LogP contribution is 2.49. The summed E-state index contributed by atoms with van der Waals surface area (Å²) in [5, 5.41) is 2.89. The van der Waals surface area contributed by atoms with Gasteiger partial charge in [-0.2, -0.15) is 0 Å². The number of benzene rings is 1. The van der Waals surface area contributed by atoms with E-state index in [-0.39, 0.29) is 5.91 Å². The van der Waals surface area contributed by atoms with Gasteiger partial charge in [-0.25, -0.2) is 4.98 Å². The fourth-order valence-electron chi connectivity index (χ4n) is 2.59. The third-order valence-electron chi connectivity index (χ3n) is 3.73. The van der Waals surface area contributed by atoms with Crippen molar-refractivity contribution in [3.8, 4) is 0 Å². The van der Waals surface area contributed by atoms with E-state index in [0.717, 1.165) is 36.4 Å². The molecule has 0 spiro atoms. The topological polar surface area (TPSA) is 55.1 Å². The Morgan fingerprint density at radius 2 is 2.37 bits per heavy atom. The van der Waals surface area contributed by atoms with E-state index in [0.29, 0.717) is 11.8 Å². The molecule has 19 heavy (non-hydrogen) atoms. The smallest absolute Gasteiger partial charge is 0.216 e. The van der Waals surface area contributed by atoms with Gasteiger partial charge in [0.05, 0.1) is 0 Å². The van der Waals surface area contributed by atoms with Crippen molar-refractivity contribution >= 4 is 17.0 Å². The van der Waals surface area contributed by atoms with Crippen LogP contribution in [-0.2, 0) is 11.2 Å². The van der Waals surface area contributed by atoms with Crippen LogP contribution in [0.1, 0.15) is 37.6 Å². The van der Waals surface area contributed by atoms with E-state index in [2.05, 4.69) is 16.4 Å². The standard InChI is InChI=1S/C15H18N2O2/c1-3-14-17-13-6-4-5-11(15(13)19-14)12-7-10(12)8-16-9(2)18/h4-6,10,12H,3,7-8H2,1-2H3,(H,16,18)/t10-,12+/m0/s1. The first kappa shape index (κ1) is 12.2. The third-order valence-corrected chi connectivity index (χ3v) is 3.73. The zero-order valence-corrected chi connectivity index (χ0v) is 11.3. The van der Waals surface area contributed by atoms with Gasteiger partial charge >= 0.3 is 0 Å². The van der Waals surface area contributed by atoms with Crippen LogP contribution in [0.2, 0.25) is 0 Å². The van der Waals surface area contributed by atoms with Crippen LogP contribution in [0.5, 0.6) is 0 Å². The molecule has 1 aromatic heterocycles. The minimum absolute atomic E-state index is 0.0387. The number of rotatable bonds is 4. The minimum atomic E-state index is 0.0387. The number of hydrogen-bond acceptors (Lipinski definition) is 3. The van der Waals surface area contributed by atoms with E-state index in [1.54, 1.807) is 6.92 Å². The van der Waals surface area contributed by atoms with Crippen molar-refractivity contribution in [2.45, 2.75) is 32.6 Å². The number of hydrogen-bond donors (Lipinski definition) is 1. The van der Waals surface area contributed by atoms with Gasteiger partial charge in [-0.15, -0.1) is 0 Å². The fraction of sp³-hybridized carbons (Fsp3) is 0.467. The molecule has 1 aromatic carbocycles. The number of carbonyl (C=O) groups excluding carboxylic acids is 1. The SMILES string of the molecule is CCc1nc2cccc([C@@H]3C[C@H]3CNC(C)=O)c2o1. The summed E-state index contributed by atoms with van der Waals surface area (Å²) in [5.41, 5.74) is 3.11. The zero-order valence-electron chi connectivity index (χ0n) is 11.3. The molecule has 1 aliphatic rings. The monoisotopic (exact) mass is 258 g/mol. The van der Waals surface area contributed by atoms with Crippen molar-refractivity contribution in [2.24, 2.45) is 5.92 Å². The van der Waals surface area contributed by atoms with Crippen LogP contribution in [0.25, 0.3) is 11.1 Å². The van der Waals surface area contributed by atoms with Gasteiger partial charge in [-0.1, -0.05) is 19.1 Å². The van der Waals surface area contributed by atoms with Gasteiger partial charge in [0.2, 0.25) is 5.91 Å². The first-order valence-electron chi connectivity index (χ1n) is 6.81. The summed E-state index contributed by atoms with van der Waals surface area (Å²) in [6, 6.07) is 6.14. The average Bonchev–Trinajstić information content (AvgIpc) is 3.04.